The first-order valence-electron chi connectivity index (χ1n) is 5.26. The molecule has 0 saturated heterocycles. The first-order valence-corrected chi connectivity index (χ1v) is 8.29. The molecule has 2 aromatic carbocycles. The van der Waals surface area contributed by atoms with Gasteiger partial charge >= 0.3 is 0 Å². The van der Waals surface area contributed by atoms with Crippen LogP contribution in [0.3, 0.4) is 0 Å². The van der Waals surface area contributed by atoms with Gasteiger partial charge in [-0.25, -0.2) is 8.42 Å². The molecule has 2 N–H and O–H groups in total. The van der Waals surface area contributed by atoms with Crippen molar-refractivity contribution in [2.75, 3.05) is 4.72 Å². The lowest BCUT2D eigenvalue weighted by molar-refractivity contribution is 0.477. The van der Waals surface area contributed by atoms with Gasteiger partial charge in [-0.3, -0.25) is 4.72 Å². The van der Waals surface area contributed by atoms with Gasteiger partial charge in [0, 0.05) is 9.50 Å². The first kappa shape index (κ1) is 15.4. The maximum absolute atomic E-state index is 12.2. The predicted octanol–water partition coefficient (Wildman–Crippen LogP) is 4.26. The Morgan fingerprint density at radius 2 is 1.80 bits per heavy atom. The molecular formula is C12H8BrCl2NO3S. The van der Waals surface area contributed by atoms with Crippen LogP contribution in [0.4, 0.5) is 5.69 Å². The maximum atomic E-state index is 12.2. The van der Waals surface area contributed by atoms with Gasteiger partial charge in [-0.1, -0.05) is 23.2 Å². The van der Waals surface area contributed by atoms with Gasteiger partial charge in [-0.15, -0.1) is 0 Å². The highest BCUT2D eigenvalue weighted by molar-refractivity contribution is 9.10. The molecule has 2 rings (SSSR count). The molecule has 0 saturated carbocycles. The molecule has 106 valence electrons. The predicted molar refractivity (Wildman–Crippen MR) is 83.1 cm³/mol. The zero-order valence-electron chi connectivity index (χ0n) is 9.77. The highest BCUT2D eigenvalue weighted by Gasteiger charge is 2.17. The van der Waals surface area contributed by atoms with Gasteiger partial charge in [0.15, 0.2) is 0 Å². The summed E-state index contributed by atoms with van der Waals surface area (Å²) in [6.45, 7) is 0. The molecule has 2 aromatic rings. The van der Waals surface area contributed by atoms with Crippen LogP contribution in [0, 0.1) is 0 Å². The summed E-state index contributed by atoms with van der Waals surface area (Å²) in [6, 6.07) is 8.26. The zero-order valence-corrected chi connectivity index (χ0v) is 13.7. The lowest BCUT2D eigenvalue weighted by Crippen LogP contribution is -2.13. The number of sulfonamides is 1. The minimum Gasteiger partial charge on any atom is -0.506 e. The molecule has 0 unspecified atom stereocenters. The second-order valence-corrected chi connectivity index (χ2v) is 7.22. The number of hydrogen-bond acceptors (Lipinski definition) is 3. The number of aromatic hydroxyl groups is 1. The van der Waals surface area contributed by atoms with Gasteiger partial charge in [0.1, 0.15) is 5.75 Å². The third-order valence-corrected chi connectivity index (χ3v) is 5.22. The number of rotatable bonds is 3. The molecule has 0 aromatic heterocycles. The average Bonchev–Trinajstić information content (AvgIpc) is 2.36. The van der Waals surface area contributed by atoms with Crippen molar-refractivity contribution >= 4 is 54.8 Å². The fraction of sp³-hybridized carbons (Fsp3) is 0. The van der Waals surface area contributed by atoms with E-state index in [1.165, 1.54) is 36.4 Å². The van der Waals surface area contributed by atoms with Gasteiger partial charge in [0.25, 0.3) is 10.0 Å². The molecule has 0 fully saturated rings. The van der Waals surface area contributed by atoms with E-state index in [0.29, 0.717) is 14.5 Å². The number of phenolic OH excluding ortho intramolecular Hbond substituents is 1. The Morgan fingerprint density at radius 1 is 1.10 bits per heavy atom. The van der Waals surface area contributed by atoms with Gasteiger partial charge < -0.3 is 5.11 Å². The first-order chi connectivity index (χ1) is 9.29. The van der Waals surface area contributed by atoms with Crippen LogP contribution in [-0.2, 0) is 10.0 Å². The van der Waals surface area contributed by atoms with Crippen LogP contribution < -0.4 is 4.72 Å². The number of phenols is 1. The quantitative estimate of drug-likeness (QED) is 0.761. The largest absolute Gasteiger partial charge is 0.506 e. The molecule has 0 atom stereocenters. The van der Waals surface area contributed by atoms with Crippen molar-refractivity contribution in [1.82, 2.24) is 0 Å². The van der Waals surface area contributed by atoms with Crippen molar-refractivity contribution in [3.8, 4) is 5.75 Å². The van der Waals surface area contributed by atoms with Gasteiger partial charge in [-0.2, -0.15) is 0 Å². The normalized spacial score (nSPS) is 11.3. The van der Waals surface area contributed by atoms with Crippen molar-refractivity contribution in [3.63, 3.8) is 0 Å². The minimum absolute atomic E-state index is 0.00331. The van der Waals surface area contributed by atoms with E-state index in [4.69, 9.17) is 23.2 Å². The van der Waals surface area contributed by atoms with Crippen LogP contribution >= 0.6 is 39.1 Å². The summed E-state index contributed by atoms with van der Waals surface area (Å²) in [5, 5.41) is 10.3. The Bertz CT molecular complexity index is 765. The molecule has 0 aliphatic carbocycles. The van der Waals surface area contributed by atoms with Crippen molar-refractivity contribution in [2.45, 2.75) is 4.90 Å². The highest BCUT2D eigenvalue weighted by Crippen LogP contribution is 2.30. The second kappa shape index (κ2) is 5.81. The summed E-state index contributed by atoms with van der Waals surface area (Å²) in [5.74, 6) is -0.217. The smallest absolute Gasteiger partial charge is 0.262 e. The maximum Gasteiger partial charge on any atom is 0.262 e. The lowest BCUT2D eigenvalue weighted by atomic mass is 10.3. The SMILES string of the molecule is O=S(=O)(Nc1cc(Cl)ccc1O)c1ccc(Cl)c(Br)c1. The van der Waals surface area contributed by atoms with Crippen LogP contribution in [0.25, 0.3) is 0 Å². The molecule has 0 heterocycles. The van der Waals surface area contributed by atoms with E-state index in [-0.39, 0.29) is 16.3 Å². The van der Waals surface area contributed by atoms with Crippen LogP contribution in [0.2, 0.25) is 10.0 Å². The molecule has 0 amide bonds. The van der Waals surface area contributed by atoms with E-state index < -0.39 is 10.0 Å². The Morgan fingerprint density at radius 3 is 2.45 bits per heavy atom. The third kappa shape index (κ3) is 3.38. The second-order valence-electron chi connectivity index (χ2n) is 3.84. The van der Waals surface area contributed by atoms with E-state index in [1.54, 1.807) is 0 Å². The summed E-state index contributed by atoms with van der Waals surface area (Å²) in [6.07, 6.45) is 0. The highest BCUT2D eigenvalue weighted by atomic mass is 79.9. The minimum atomic E-state index is -3.85. The molecule has 20 heavy (non-hydrogen) atoms. The lowest BCUT2D eigenvalue weighted by Gasteiger charge is -2.10. The molecule has 0 spiro atoms. The van der Waals surface area contributed by atoms with Crippen molar-refractivity contribution < 1.29 is 13.5 Å². The third-order valence-electron chi connectivity index (χ3n) is 2.40. The summed E-state index contributed by atoms with van der Waals surface area (Å²) < 4.78 is 27.1. The number of benzene rings is 2. The Kier molecular flexibility index (Phi) is 4.49. The average molecular weight is 397 g/mol. The summed E-state index contributed by atoms with van der Waals surface area (Å²) in [4.78, 5) is 0.00755. The molecule has 0 radical (unpaired) electrons. The van der Waals surface area contributed by atoms with E-state index in [2.05, 4.69) is 20.7 Å². The molecule has 4 nitrogen and oxygen atoms in total. The topological polar surface area (TPSA) is 66.4 Å². The fourth-order valence-electron chi connectivity index (χ4n) is 1.44. The van der Waals surface area contributed by atoms with Crippen LogP contribution in [0.1, 0.15) is 0 Å². The Balaban J connectivity index is 2.40. The van der Waals surface area contributed by atoms with Crippen LogP contribution in [-0.4, -0.2) is 13.5 Å². The van der Waals surface area contributed by atoms with Gasteiger partial charge in [0.05, 0.1) is 15.6 Å². The van der Waals surface area contributed by atoms with E-state index in [9.17, 15) is 13.5 Å². The van der Waals surface area contributed by atoms with E-state index in [0.717, 1.165) is 0 Å². The van der Waals surface area contributed by atoms with E-state index >= 15 is 0 Å². The summed E-state index contributed by atoms with van der Waals surface area (Å²) in [7, 11) is -3.85. The zero-order chi connectivity index (χ0) is 14.9. The van der Waals surface area contributed by atoms with Crippen LogP contribution in [0.15, 0.2) is 45.8 Å². The van der Waals surface area contributed by atoms with E-state index in [1.807, 2.05) is 0 Å². The number of hydrogen-bond donors (Lipinski definition) is 2. The number of anilines is 1. The summed E-state index contributed by atoms with van der Waals surface area (Å²) >= 11 is 14.7. The number of nitrogens with one attached hydrogen (secondary N) is 1. The molecule has 8 heteroatoms. The monoisotopic (exact) mass is 395 g/mol. The molecular weight excluding hydrogens is 389 g/mol. The molecule has 0 aliphatic rings. The Labute approximate surface area is 134 Å². The molecule has 0 bridgehead atoms. The van der Waals surface area contributed by atoms with Crippen molar-refractivity contribution in [2.24, 2.45) is 0 Å². The standard InChI is InChI=1S/C12H8BrCl2NO3S/c13-9-6-8(2-3-10(9)15)20(18,19)16-11-5-7(14)1-4-12(11)17/h1-6,16-17H. The number of halogens is 3. The van der Waals surface area contributed by atoms with Gasteiger partial charge in [-0.05, 0) is 52.3 Å². The van der Waals surface area contributed by atoms with Crippen molar-refractivity contribution in [1.29, 1.82) is 0 Å². The molecule has 0 aliphatic heterocycles. The fourth-order valence-corrected chi connectivity index (χ4v) is 3.35. The Hall–Kier alpha value is -0.950. The summed E-state index contributed by atoms with van der Waals surface area (Å²) in [5.41, 5.74) is 0.00331. The van der Waals surface area contributed by atoms with Gasteiger partial charge in [0.2, 0.25) is 0 Å². The van der Waals surface area contributed by atoms with Crippen LogP contribution in [0.5, 0.6) is 5.75 Å². The van der Waals surface area contributed by atoms with Crippen molar-refractivity contribution in [3.05, 3.63) is 50.9 Å².